The monoisotopic (exact) mass is 285 g/mol. The van der Waals surface area contributed by atoms with Crippen LogP contribution in [0.15, 0.2) is 33.5 Å². The fraction of sp³-hybridized carbons (Fsp3) is 0.154. The standard InChI is InChI=1S/C13H11N5O3/c1-2-12(20)14-7-3-4-10-8(5-7)9(19)6-11(21-10)13-15-17-18-16-13/h3-6H,2H2,1H3,(H,14,20)(H,15,16,17,18). The first kappa shape index (κ1) is 13.0. The van der Waals surface area contributed by atoms with Gasteiger partial charge in [0, 0.05) is 18.2 Å². The number of hydrogen-bond donors (Lipinski definition) is 2. The van der Waals surface area contributed by atoms with Gasteiger partial charge in [0.1, 0.15) is 5.58 Å². The number of carbonyl (C=O) groups is 1. The first-order valence-corrected chi connectivity index (χ1v) is 6.29. The van der Waals surface area contributed by atoms with Crippen LogP contribution in [0.1, 0.15) is 13.3 Å². The maximum Gasteiger partial charge on any atom is 0.239 e. The number of tetrazole rings is 1. The van der Waals surface area contributed by atoms with Gasteiger partial charge in [0.25, 0.3) is 0 Å². The Labute approximate surface area is 118 Å². The second kappa shape index (κ2) is 5.16. The minimum Gasteiger partial charge on any atom is -0.452 e. The van der Waals surface area contributed by atoms with Crippen LogP contribution in [-0.4, -0.2) is 26.5 Å². The van der Waals surface area contributed by atoms with Crippen LogP contribution in [0, 0.1) is 0 Å². The van der Waals surface area contributed by atoms with Crippen LogP contribution in [0.3, 0.4) is 0 Å². The van der Waals surface area contributed by atoms with Gasteiger partial charge in [-0.1, -0.05) is 6.92 Å². The van der Waals surface area contributed by atoms with E-state index in [4.69, 9.17) is 4.42 Å². The van der Waals surface area contributed by atoms with Crippen LogP contribution in [-0.2, 0) is 4.79 Å². The van der Waals surface area contributed by atoms with Crippen LogP contribution < -0.4 is 10.7 Å². The topological polar surface area (TPSA) is 114 Å². The molecule has 2 aromatic heterocycles. The number of benzene rings is 1. The summed E-state index contributed by atoms with van der Waals surface area (Å²) in [5, 5.41) is 16.3. The van der Waals surface area contributed by atoms with Crippen molar-refractivity contribution in [3.63, 3.8) is 0 Å². The molecule has 0 aliphatic rings. The number of nitrogens with zero attached hydrogens (tertiary/aromatic N) is 3. The predicted octanol–water partition coefficient (Wildman–Crippen LogP) is 1.32. The van der Waals surface area contributed by atoms with Gasteiger partial charge < -0.3 is 9.73 Å². The van der Waals surface area contributed by atoms with E-state index in [2.05, 4.69) is 25.9 Å². The summed E-state index contributed by atoms with van der Waals surface area (Å²) in [7, 11) is 0. The lowest BCUT2D eigenvalue weighted by Gasteiger charge is -2.05. The number of rotatable bonds is 3. The number of H-pyrrole nitrogens is 1. The van der Waals surface area contributed by atoms with Gasteiger partial charge in [-0.15, -0.1) is 10.2 Å². The molecule has 2 N–H and O–H groups in total. The van der Waals surface area contributed by atoms with Crippen LogP contribution in [0.4, 0.5) is 5.69 Å². The summed E-state index contributed by atoms with van der Waals surface area (Å²) < 4.78 is 5.58. The van der Waals surface area contributed by atoms with E-state index in [1.54, 1.807) is 25.1 Å². The molecule has 2 heterocycles. The van der Waals surface area contributed by atoms with Gasteiger partial charge >= 0.3 is 0 Å². The van der Waals surface area contributed by atoms with Gasteiger partial charge in [-0.25, -0.2) is 0 Å². The highest BCUT2D eigenvalue weighted by atomic mass is 16.3. The quantitative estimate of drug-likeness (QED) is 0.750. The minimum atomic E-state index is -0.247. The first-order chi connectivity index (χ1) is 10.2. The molecule has 3 aromatic rings. The SMILES string of the molecule is CCC(=O)Nc1ccc2oc(-c3nn[nH]n3)cc(=O)c2c1. The maximum atomic E-state index is 12.1. The highest BCUT2D eigenvalue weighted by Gasteiger charge is 2.11. The summed E-state index contributed by atoms with van der Waals surface area (Å²) in [5.74, 6) is 0.311. The molecule has 1 aromatic carbocycles. The molecule has 0 bridgehead atoms. The van der Waals surface area contributed by atoms with Crippen molar-refractivity contribution in [1.82, 2.24) is 20.6 Å². The Hall–Kier alpha value is -3.03. The second-order valence-corrected chi connectivity index (χ2v) is 4.32. The third kappa shape index (κ3) is 2.50. The van der Waals surface area contributed by atoms with E-state index in [0.717, 1.165) is 0 Å². The third-order valence-corrected chi connectivity index (χ3v) is 2.90. The number of hydrogen-bond acceptors (Lipinski definition) is 6. The summed E-state index contributed by atoms with van der Waals surface area (Å²) in [4.78, 5) is 23.5. The lowest BCUT2D eigenvalue weighted by molar-refractivity contribution is -0.115. The van der Waals surface area contributed by atoms with Crippen LogP contribution in [0.25, 0.3) is 22.6 Å². The molecule has 3 rings (SSSR count). The van der Waals surface area contributed by atoms with Crippen LogP contribution >= 0.6 is 0 Å². The maximum absolute atomic E-state index is 12.1. The van der Waals surface area contributed by atoms with Crippen molar-refractivity contribution in [2.45, 2.75) is 13.3 Å². The van der Waals surface area contributed by atoms with Crippen molar-refractivity contribution < 1.29 is 9.21 Å². The summed E-state index contributed by atoms with van der Waals surface area (Å²) in [6.45, 7) is 1.75. The van der Waals surface area contributed by atoms with Crippen LogP contribution in [0.5, 0.6) is 0 Å². The molecule has 21 heavy (non-hydrogen) atoms. The van der Waals surface area contributed by atoms with Gasteiger partial charge in [-0.05, 0) is 23.4 Å². The molecule has 0 radical (unpaired) electrons. The Morgan fingerprint density at radius 3 is 2.95 bits per heavy atom. The highest BCUT2D eigenvalue weighted by Crippen LogP contribution is 2.21. The zero-order chi connectivity index (χ0) is 14.8. The average molecular weight is 285 g/mol. The molecule has 0 spiro atoms. The van der Waals surface area contributed by atoms with Crippen LogP contribution in [0.2, 0.25) is 0 Å². The molecule has 0 unspecified atom stereocenters. The number of carbonyl (C=O) groups excluding carboxylic acids is 1. The van der Waals surface area contributed by atoms with Gasteiger partial charge in [0.05, 0.1) is 5.39 Å². The van der Waals surface area contributed by atoms with Gasteiger partial charge in [0.2, 0.25) is 11.7 Å². The molecule has 106 valence electrons. The van der Waals surface area contributed by atoms with Crippen molar-refractivity contribution in [2.75, 3.05) is 5.32 Å². The summed E-state index contributed by atoms with van der Waals surface area (Å²) in [6.07, 6.45) is 0.364. The number of anilines is 1. The predicted molar refractivity (Wildman–Crippen MR) is 74.6 cm³/mol. The van der Waals surface area contributed by atoms with Gasteiger partial charge in [0.15, 0.2) is 11.2 Å². The van der Waals surface area contributed by atoms with Gasteiger partial charge in [-0.2, -0.15) is 5.21 Å². The van der Waals surface area contributed by atoms with Crippen molar-refractivity contribution >= 4 is 22.6 Å². The normalized spacial score (nSPS) is 10.7. The van der Waals surface area contributed by atoms with Gasteiger partial charge in [-0.3, -0.25) is 9.59 Å². The number of fused-ring (bicyclic) bond motifs is 1. The largest absolute Gasteiger partial charge is 0.452 e. The van der Waals surface area contributed by atoms with Crippen molar-refractivity contribution in [2.24, 2.45) is 0 Å². The Morgan fingerprint density at radius 2 is 2.24 bits per heavy atom. The van der Waals surface area contributed by atoms with E-state index in [1.807, 2.05) is 0 Å². The molecule has 0 aliphatic heterocycles. The lowest BCUT2D eigenvalue weighted by atomic mass is 10.2. The first-order valence-electron chi connectivity index (χ1n) is 6.29. The van der Waals surface area contributed by atoms with Crippen molar-refractivity contribution in [3.8, 4) is 11.6 Å². The van der Waals surface area contributed by atoms with E-state index in [0.29, 0.717) is 23.1 Å². The summed E-state index contributed by atoms with van der Waals surface area (Å²) >= 11 is 0. The number of nitrogens with one attached hydrogen (secondary N) is 2. The molecular formula is C13H11N5O3. The molecule has 0 aliphatic carbocycles. The van der Waals surface area contributed by atoms with Crippen molar-refractivity contribution in [3.05, 3.63) is 34.5 Å². The molecule has 1 amide bonds. The third-order valence-electron chi connectivity index (χ3n) is 2.90. The van der Waals surface area contributed by atoms with E-state index < -0.39 is 0 Å². The number of amides is 1. The van der Waals surface area contributed by atoms with Crippen molar-refractivity contribution in [1.29, 1.82) is 0 Å². The zero-order valence-corrected chi connectivity index (χ0v) is 11.1. The fourth-order valence-corrected chi connectivity index (χ4v) is 1.86. The summed E-state index contributed by atoms with van der Waals surface area (Å²) in [5.41, 5.74) is 0.689. The number of aromatic nitrogens is 4. The molecule has 0 saturated carbocycles. The van der Waals surface area contributed by atoms with E-state index in [9.17, 15) is 9.59 Å². The minimum absolute atomic E-state index is 0.123. The highest BCUT2D eigenvalue weighted by molar-refractivity contribution is 5.93. The Balaban J connectivity index is 2.07. The van der Waals surface area contributed by atoms with E-state index >= 15 is 0 Å². The average Bonchev–Trinajstić information content (AvgIpc) is 3.02. The smallest absolute Gasteiger partial charge is 0.239 e. The molecule has 0 saturated heterocycles. The number of aromatic amines is 1. The lowest BCUT2D eigenvalue weighted by Crippen LogP contribution is -2.10. The molecular weight excluding hydrogens is 274 g/mol. The molecule has 8 heteroatoms. The Kier molecular flexibility index (Phi) is 3.19. The molecule has 0 fully saturated rings. The zero-order valence-electron chi connectivity index (χ0n) is 11.1. The second-order valence-electron chi connectivity index (χ2n) is 4.32. The Bertz CT molecular complexity index is 854. The fourth-order valence-electron chi connectivity index (χ4n) is 1.86. The molecule has 8 nitrogen and oxygen atoms in total. The van der Waals surface area contributed by atoms with E-state index in [-0.39, 0.29) is 22.9 Å². The molecule has 0 atom stereocenters. The summed E-state index contributed by atoms with van der Waals surface area (Å²) in [6, 6.07) is 6.15. The Morgan fingerprint density at radius 1 is 1.38 bits per heavy atom. The van der Waals surface area contributed by atoms with E-state index in [1.165, 1.54) is 6.07 Å².